The molecule has 36 heavy (non-hydrogen) atoms. The van der Waals surface area contributed by atoms with E-state index in [1.807, 2.05) is 13.8 Å². The topological polar surface area (TPSA) is 96.7 Å². The van der Waals surface area contributed by atoms with Gasteiger partial charge in [-0.1, -0.05) is 6.92 Å². The van der Waals surface area contributed by atoms with E-state index in [-0.39, 0.29) is 41.3 Å². The Bertz CT molecular complexity index is 1250. The van der Waals surface area contributed by atoms with Crippen molar-refractivity contribution >= 4 is 11.6 Å². The first-order chi connectivity index (χ1) is 17.2. The summed E-state index contributed by atoms with van der Waals surface area (Å²) in [5.74, 6) is -1.73. The maximum Gasteiger partial charge on any atom is 0.252 e. The van der Waals surface area contributed by atoms with E-state index in [1.165, 1.54) is 31.6 Å². The zero-order valence-corrected chi connectivity index (χ0v) is 20.5. The molecule has 1 aromatic carbocycles. The molecule has 0 saturated carbocycles. The van der Waals surface area contributed by atoms with E-state index in [4.69, 9.17) is 18.9 Å². The number of ether oxygens (including phenoxy) is 4. The van der Waals surface area contributed by atoms with E-state index in [2.05, 4.69) is 15.3 Å². The van der Waals surface area contributed by atoms with Crippen molar-refractivity contribution in [3.8, 4) is 11.5 Å². The molecular weight excluding hydrogens is 474 g/mol. The molecule has 1 fully saturated rings. The van der Waals surface area contributed by atoms with E-state index in [9.17, 15) is 13.6 Å². The Balaban J connectivity index is 1.38. The minimum atomic E-state index is -0.808. The second-order valence-electron chi connectivity index (χ2n) is 8.71. The third kappa shape index (κ3) is 5.80. The van der Waals surface area contributed by atoms with Crippen LogP contribution >= 0.6 is 0 Å². The third-order valence-corrected chi connectivity index (χ3v) is 5.67. The Kier molecular flexibility index (Phi) is 7.51. The Labute approximate surface area is 207 Å². The van der Waals surface area contributed by atoms with Gasteiger partial charge in [0.25, 0.3) is 5.56 Å². The van der Waals surface area contributed by atoms with E-state index in [0.717, 1.165) is 0 Å². The van der Waals surface area contributed by atoms with Gasteiger partial charge in [0.15, 0.2) is 23.1 Å². The highest BCUT2D eigenvalue weighted by Gasteiger charge is 2.32. The Hall–Kier alpha value is -3.57. The van der Waals surface area contributed by atoms with Gasteiger partial charge < -0.3 is 28.8 Å². The zero-order chi connectivity index (χ0) is 25.9. The van der Waals surface area contributed by atoms with Crippen molar-refractivity contribution in [2.75, 3.05) is 19.0 Å². The molecule has 1 aliphatic heterocycles. The molecule has 0 radical (unpaired) electrons. The van der Waals surface area contributed by atoms with Crippen LogP contribution in [0, 0.1) is 11.6 Å². The van der Waals surface area contributed by atoms with E-state index >= 15 is 0 Å². The normalized spacial score (nSPS) is 16.7. The van der Waals surface area contributed by atoms with E-state index in [0.29, 0.717) is 30.8 Å². The van der Waals surface area contributed by atoms with Gasteiger partial charge >= 0.3 is 0 Å². The van der Waals surface area contributed by atoms with Gasteiger partial charge in [-0.15, -0.1) is 0 Å². The predicted octanol–water partition coefficient (Wildman–Crippen LogP) is 3.96. The van der Waals surface area contributed by atoms with Crippen molar-refractivity contribution in [3.63, 3.8) is 0 Å². The number of hydrogen-bond donors (Lipinski definition) is 1. The second kappa shape index (κ2) is 10.6. The Morgan fingerprint density at radius 1 is 1.22 bits per heavy atom. The van der Waals surface area contributed by atoms with Crippen molar-refractivity contribution < 1.29 is 27.7 Å². The monoisotopic (exact) mass is 502 g/mol. The fourth-order valence-corrected chi connectivity index (χ4v) is 3.81. The minimum absolute atomic E-state index is 0.0440. The number of nitrogens with one attached hydrogen (secondary N) is 1. The number of aryl methyl sites for hydroxylation is 1. The molecule has 2 aromatic heterocycles. The number of nitrogens with zero attached hydrogens (tertiary/aromatic N) is 3. The van der Waals surface area contributed by atoms with Gasteiger partial charge in [-0.05, 0) is 38.0 Å². The summed E-state index contributed by atoms with van der Waals surface area (Å²) in [7, 11) is 1.32. The molecule has 1 atom stereocenters. The van der Waals surface area contributed by atoms with Crippen LogP contribution in [0.4, 0.5) is 20.4 Å². The lowest BCUT2D eigenvalue weighted by Crippen LogP contribution is -2.29. The van der Waals surface area contributed by atoms with Gasteiger partial charge in [-0.3, -0.25) is 4.79 Å². The molecule has 0 amide bonds. The standard InChI is InChI=1S/C25H28F2N4O5/c1-5-15-8-20(33-4)23(27)19(22(15)26)14-34-17-10-28-24(29-11-17)30-16-6-7-31(21(32)9-16)12-18-13-35-25(2,3)36-18/h6-11,18H,5,12-14H2,1-4H3,(H,28,29,30)/t18-/m1/s1. The van der Waals surface area contributed by atoms with Crippen LogP contribution < -0.4 is 20.3 Å². The maximum atomic E-state index is 14.6. The number of rotatable bonds is 9. The lowest BCUT2D eigenvalue weighted by Gasteiger charge is -2.17. The molecule has 1 N–H and O–H groups in total. The Morgan fingerprint density at radius 2 is 1.97 bits per heavy atom. The van der Waals surface area contributed by atoms with Crippen molar-refractivity contribution in [2.24, 2.45) is 0 Å². The molecule has 11 heteroatoms. The molecular formula is C25H28F2N4O5. The smallest absolute Gasteiger partial charge is 0.252 e. The molecule has 1 aliphatic rings. The molecule has 3 heterocycles. The average Bonchev–Trinajstić information content (AvgIpc) is 3.20. The first-order valence-corrected chi connectivity index (χ1v) is 11.5. The molecule has 0 bridgehead atoms. The molecule has 9 nitrogen and oxygen atoms in total. The van der Waals surface area contributed by atoms with Crippen molar-refractivity contribution in [1.82, 2.24) is 14.5 Å². The number of pyridine rings is 1. The van der Waals surface area contributed by atoms with Crippen LogP contribution in [0.2, 0.25) is 0 Å². The summed E-state index contributed by atoms with van der Waals surface area (Å²) in [5.41, 5.74) is 0.383. The fourth-order valence-electron chi connectivity index (χ4n) is 3.81. The summed E-state index contributed by atoms with van der Waals surface area (Å²) < 4.78 is 52.5. The summed E-state index contributed by atoms with van der Waals surface area (Å²) in [6.07, 6.45) is 4.56. The summed E-state index contributed by atoms with van der Waals surface area (Å²) in [6, 6.07) is 4.48. The minimum Gasteiger partial charge on any atom is -0.494 e. The number of benzene rings is 1. The zero-order valence-electron chi connectivity index (χ0n) is 20.5. The van der Waals surface area contributed by atoms with Crippen molar-refractivity contribution in [1.29, 1.82) is 0 Å². The molecule has 0 spiro atoms. The van der Waals surface area contributed by atoms with E-state index < -0.39 is 17.4 Å². The molecule has 3 aromatic rings. The van der Waals surface area contributed by atoms with Crippen LogP contribution in [0.5, 0.6) is 11.5 Å². The highest BCUT2D eigenvalue weighted by molar-refractivity contribution is 5.51. The summed E-state index contributed by atoms with van der Waals surface area (Å²) in [6.45, 7) is 5.86. The quantitative estimate of drug-likeness (QED) is 0.470. The lowest BCUT2D eigenvalue weighted by atomic mass is 10.1. The first-order valence-electron chi connectivity index (χ1n) is 11.5. The van der Waals surface area contributed by atoms with Gasteiger partial charge in [-0.25, -0.2) is 18.7 Å². The molecule has 192 valence electrons. The summed E-state index contributed by atoms with van der Waals surface area (Å²) in [4.78, 5) is 20.8. The first kappa shape index (κ1) is 25.5. The largest absolute Gasteiger partial charge is 0.494 e. The van der Waals surface area contributed by atoms with Gasteiger partial charge in [0, 0.05) is 18.0 Å². The van der Waals surface area contributed by atoms with Crippen LogP contribution in [0.1, 0.15) is 31.9 Å². The van der Waals surface area contributed by atoms with Gasteiger partial charge in [0.2, 0.25) is 5.95 Å². The lowest BCUT2D eigenvalue weighted by molar-refractivity contribution is -0.139. The van der Waals surface area contributed by atoms with Crippen molar-refractivity contribution in [2.45, 2.75) is 52.2 Å². The van der Waals surface area contributed by atoms with Crippen LogP contribution in [0.3, 0.4) is 0 Å². The summed E-state index contributed by atoms with van der Waals surface area (Å²) >= 11 is 0. The highest BCUT2D eigenvalue weighted by atomic mass is 19.1. The van der Waals surface area contributed by atoms with Crippen LogP contribution in [0.25, 0.3) is 0 Å². The third-order valence-electron chi connectivity index (χ3n) is 5.67. The van der Waals surface area contributed by atoms with Crippen LogP contribution in [-0.2, 0) is 29.0 Å². The van der Waals surface area contributed by atoms with E-state index in [1.54, 1.807) is 23.8 Å². The molecule has 1 saturated heterocycles. The molecule has 4 rings (SSSR count). The predicted molar refractivity (Wildman–Crippen MR) is 128 cm³/mol. The number of halogens is 2. The Morgan fingerprint density at radius 3 is 2.58 bits per heavy atom. The van der Waals surface area contributed by atoms with Crippen LogP contribution in [-0.4, -0.2) is 40.1 Å². The molecule has 0 unspecified atom stereocenters. The van der Waals surface area contributed by atoms with Gasteiger partial charge in [0.1, 0.15) is 18.5 Å². The maximum absolute atomic E-state index is 14.6. The summed E-state index contributed by atoms with van der Waals surface area (Å²) in [5, 5.41) is 2.94. The van der Waals surface area contributed by atoms with Crippen molar-refractivity contribution in [3.05, 3.63) is 69.9 Å². The van der Waals surface area contributed by atoms with Gasteiger partial charge in [0.05, 0.1) is 38.2 Å². The SMILES string of the molecule is CCc1cc(OC)c(F)c(COc2cnc(Nc3ccn(C[C@@H]4COC(C)(C)O4)c(=O)c3)nc2)c1F. The number of aromatic nitrogens is 3. The average molecular weight is 503 g/mol. The van der Waals surface area contributed by atoms with Gasteiger partial charge in [-0.2, -0.15) is 0 Å². The number of anilines is 2. The fraction of sp³-hybridized carbons (Fsp3) is 0.400. The second-order valence-corrected chi connectivity index (χ2v) is 8.71. The highest BCUT2D eigenvalue weighted by Crippen LogP contribution is 2.28. The number of hydrogen-bond acceptors (Lipinski definition) is 8. The molecule has 0 aliphatic carbocycles. The van der Waals surface area contributed by atoms with Crippen LogP contribution in [0.15, 0.2) is 41.6 Å². The number of methoxy groups -OCH3 is 1.